The van der Waals surface area contributed by atoms with Gasteiger partial charge < -0.3 is 5.73 Å². The third-order valence-corrected chi connectivity index (χ3v) is 4.61. The molecule has 0 spiro atoms. The highest BCUT2D eigenvalue weighted by Crippen LogP contribution is 2.56. The van der Waals surface area contributed by atoms with Crippen LogP contribution in [0.1, 0.15) is 31.2 Å². The number of fused-ring (bicyclic) bond motifs is 1. The first-order chi connectivity index (χ1) is 8.65. The number of nitrogens with two attached hydrogens (primary N) is 1. The minimum atomic E-state index is -0.509. The SMILES string of the molecule is NC(Cc1cc(F)cc(F)c1)C1C2CCCCC21. The van der Waals surface area contributed by atoms with Crippen molar-refractivity contribution in [2.45, 2.75) is 38.1 Å². The standard InChI is InChI=1S/C15H19F2N/c16-10-5-9(6-11(17)8-10)7-14(18)15-12-3-1-2-4-13(12)15/h5-6,8,12-15H,1-4,7,18H2. The van der Waals surface area contributed by atoms with Gasteiger partial charge in [0.15, 0.2) is 0 Å². The van der Waals surface area contributed by atoms with E-state index in [9.17, 15) is 8.78 Å². The maximum Gasteiger partial charge on any atom is 0.126 e. The predicted molar refractivity (Wildman–Crippen MR) is 67.0 cm³/mol. The summed E-state index contributed by atoms with van der Waals surface area (Å²) < 4.78 is 26.2. The zero-order valence-electron chi connectivity index (χ0n) is 10.4. The van der Waals surface area contributed by atoms with Gasteiger partial charge in [-0.15, -0.1) is 0 Å². The molecule has 0 heterocycles. The fourth-order valence-electron chi connectivity index (χ4n) is 3.82. The number of hydrogen-bond acceptors (Lipinski definition) is 1. The first-order valence-corrected chi connectivity index (χ1v) is 6.85. The Morgan fingerprint density at radius 2 is 1.61 bits per heavy atom. The summed E-state index contributed by atoms with van der Waals surface area (Å²) in [5.74, 6) is 1.13. The quantitative estimate of drug-likeness (QED) is 0.876. The zero-order chi connectivity index (χ0) is 12.7. The highest BCUT2D eigenvalue weighted by atomic mass is 19.1. The van der Waals surface area contributed by atoms with Gasteiger partial charge in [0.25, 0.3) is 0 Å². The second kappa shape index (κ2) is 4.61. The summed E-state index contributed by atoms with van der Waals surface area (Å²) in [7, 11) is 0. The van der Waals surface area contributed by atoms with Crippen LogP contribution in [0.4, 0.5) is 8.78 Å². The van der Waals surface area contributed by atoms with Gasteiger partial charge in [0.05, 0.1) is 0 Å². The van der Waals surface area contributed by atoms with Crippen molar-refractivity contribution in [3.05, 3.63) is 35.4 Å². The fourth-order valence-corrected chi connectivity index (χ4v) is 3.82. The van der Waals surface area contributed by atoms with Crippen LogP contribution in [0.2, 0.25) is 0 Å². The first kappa shape index (κ1) is 12.1. The van der Waals surface area contributed by atoms with Gasteiger partial charge in [-0.05, 0) is 54.7 Å². The monoisotopic (exact) mass is 251 g/mol. The van der Waals surface area contributed by atoms with E-state index in [1.807, 2.05) is 0 Å². The van der Waals surface area contributed by atoms with Crippen LogP contribution in [0.3, 0.4) is 0 Å². The first-order valence-electron chi connectivity index (χ1n) is 6.85. The summed E-state index contributed by atoms with van der Waals surface area (Å²) in [4.78, 5) is 0. The van der Waals surface area contributed by atoms with Gasteiger partial charge in [0.1, 0.15) is 11.6 Å². The van der Waals surface area contributed by atoms with Crippen molar-refractivity contribution in [1.29, 1.82) is 0 Å². The Morgan fingerprint density at radius 3 is 2.17 bits per heavy atom. The molecular weight excluding hydrogens is 232 g/mol. The van der Waals surface area contributed by atoms with E-state index >= 15 is 0 Å². The van der Waals surface area contributed by atoms with Gasteiger partial charge in [0.2, 0.25) is 0 Å². The number of benzene rings is 1. The van der Waals surface area contributed by atoms with E-state index in [2.05, 4.69) is 0 Å². The third-order valence-electron chi connectivity index (χ3n) is 4.61. The molecule has 3 unspecified atom stereocenters. The van der Waals surface area contributed by atoms with Gasteiger partial charge in [0, 0.05) is 12.1 Å². The molecule has 1 nitrogen and oxygen atoms in total. The third kappa shape index (κ3) is 2.28. The second-order valence-electron chi connectivity index (χ2n) is 5.84. The summed E-state index contributed by atoms with van der Waals surface area (Å²) in [5.41, 5.74) is 6.91. The molecule has 3 rings (SSSR count). The molecule has 3 atom stereocenters. The van der Waals surface area contributed by atoms with Crippen LogP contribution in [0, 0.1) is 29.4 Å². The van der Waals surface area contributed by atoms with Crippen molar-refractivity contribution in [3.8, 4) is 0 Å². The molecule has 1 aromatic carbocycles. The molecule has 0 amide bonds. The molecule has 3 heteroatoms. The average Bonchev–Trinajstić information content (AvgIpc) is 3.01. The molecule has 2 N–H and O–H groups in total. The van der Waals surface area contributed by atoms with E-state index in [-0.39, 0.29) is 6.04 Å². The Hall–Kier alpha value is -0.960. The van der Waals surface area contributed by atoms with Crippen LogP contribution in [-0.4, -0.2) is 6.04 Å². The van der Waals surface area contributed by atoms with Crippen LogP contribution in [0.25, 0.3) is 0 Å². The Balaban J connectivity index is 1.65. The van der Waals surface area contributed by atoms with Gasteiger partial charge in [-0.1, -0.05) is 12.8 Å². The van der Waals surface area contributed by atoms with Crippen molar-refractivity contribution in [1.82, 2.24) is 0 Å². The number of halogens is 2. The van der Waals surface area contributed by atoms with Gasteiger partial charge in [-0.25, -0.2) is 8.78 Å². The Labute approximate surface area is 106 Å². The molecule has 98 valence electrons. The lowest BCUT2D eigenvalue weighted by atomic mass is 10.0. The molecule has 0 bridgehead atoms. The highest BCUT2D eigenvalue weighted by Gasteiger charge is 2.52. The van der Waals surface area contributed by atoms with Crippen molar-refractivity contribution in [3.63, 3.8) is 0 Å². The van der Waals surface area contributed by atoms with E-state index in [1.165, 1.54) is 37.8 Å². The minimum Gasteiger partial charge on any atom is -0.327 e. The van der Waals surface area contributed by atoms with Crippen LogP contribution in [0.15, 0.2) is 18.2 Å². The molecule has 2 aliphatic rings. The lowest BCUT2D eigenvalue weighted by Gasteiger charge is -2.11. The van der Waals surface area contributed by atoms with Gasteiger partial charge in [-0.2, -0.15) is 0 Å². The number of hydrogen-bond donors (Lipinski definition) is 1. The van der Waals surface area contributed by atoms with Gasteiger partial charge in [-0.3, -0.25) is 0 Å². The van der Waals surface area contributed by atoms with E-state index in [0.29, 0.717) is 17.9 Å². The molecule has 1 aromatic rings. The molecule has 0 aromatic heterocycles. The fraction of sp³-hybridized carbons (Fsp3) is 0.600. The lowest BCUT2D eigenvalue weighted by Crippen LogP contribution is -2.26. The van der Waals surface area contributed by atoms with Crippen molar-refractivity contribution in [2.75, 3.05) is 0 Å². The van der Waals surface area contributed by atoms with Gasteiger partial charge >= 0.3 is 0 Å². The predicted octanol–water partition coefficient (Wildman–Crippen LogP) is 3.27. The van der Waals surface area contributed by atoms with Crippen molar-refractivity contribution >= 4 is 0 Å². The smallest absolute Gasteiger partial charge is 0.126 e. The largest absolute Gasteiger partial charge is 0.327 e. The molecule has 0 saturated heterocycles. The summed E-state index contributed by atoms with van der Waals surface area (Å²) in [5, 5.41) is 0. The molecule has 2 aliphatic carbocycles. The zero-order valence-corrected chi connectivity index (χ0v) is 10.4. The topological polar surface area (TPSA) is 26.0 Å². The van der Waals surface area contributed by atoms with Crippen LogP contribution in [0.5, 0.6) is 0 Å². The summed E-state index contributed by atoms with van der Waals surface area (Å²) in [6.07, 6.45) is 5.81. The molecular formula is C15H19F2N. The molecule has 18 heavy (non-hydrogen) atoms. The normalized spacial score (nSPS) is 31.8. The minimum absolute atomic E-state index is 0.0549. The van der Waals surface area contributed by atoms with Crippen molar-refractivity contribution < 1.29 is 8.78 Å². The Kier molecular flexibility index (Phi) is 3.10. The summed E-state index contributed by atoms with van der Waals surface area (Å²) >= 11 is 0. The number of rotatable bonds is 3. The van der Waals surface area contributed by atoms with E-state index in [1.54, 1.807) is 0 Å². The average molecular weight is 251 g/mol. The molecule has 0 radical (unpaired) electrons. The van der Waals surface area contributed by atoms with E-state index < -0.39 is 11.6 Å². The van der Waals surface area contributed by atoms with E-state index in [0.717, 1.165) is 17.9 Å². The maximum atomic E-state index is 13.1. The second-order valence-corrected chi connectivity index (χ2v) is 5.84. The van der Waals surface area contributed by atoms with Crippen LogP contribution < -0.4 is 5.73 Å². The lowest BCUT2D eigenvalue weighted by molar-refractivity contribution is 0.480. The Morgan fingerprint density at radius 1 is 1.06 bits per heavy atom. The summed E-state index contributed by atoms with van der Waals surface area (Å²) in [6, 6.07) is 3.76. The molecule has 0 aliphatic heterocycles. The highest BCUT2D eigenvalue weighted by molar-refractivity contribution is 5.20. The van der Waals surface area contributed by atoms with Crippen LogP contribution >= 0.6 is 0 Å². The summed E-state index contributed by atoms with van der Waals surface area (Å²) in [6.45, 7) is 0. The van der Waals surface area contributed by atoms with E-state index in [4.69, 9.17) is 5.73 Å². The maximum absolute atomic E-state index is 13.1. The molecule has 2 fully saturated rings. The molecule has 2 saturated carbocycles. The Bertz CT molecular complexity index is 414. The van der Waals surface area contributed by atoms with Crippen molar-refractivity contribution in [2.24, 2.45) is 23.5 Å². The van der Waals surface area contributed by atoms with Crippen LogP contribution in [-0.2, 0) is 6.42 Å².